The number of nitrogens with one attached hydrogen (secondary N) is 3. The Kier molecular flexibility index (Phi) is 6.16. The Balaban J connectivity index is 1.23. The molecule has 11 nitrogen and oxygen atoms in total. The predicted octanol–water partition coefficient (Wildman–Crippen LogP) is 3.85. The topological polar surface area (TPSA) is 132 Å². The molecule has 2 aliphatic rings. The maximum absolute atomic E-state index is 13.1. The van der Waals surface area contributed by atoms with E-state index in [0.29, 0.717) is 41.5 Å². The third-order valence-corrected chi connectivity index (χ3v) is 6.59. The van der Waals surface area contributed by atoms with Gasteiger partial charge in [-0.05, 0) is 53.6 Å². The highest BCUT2D eigenvalue weighted by atomic mass is 16.5. The molecule has 2 aromatic carbocycles. The summed E-state index contributed by atoms with van der Waals surface area (Å²) in [5, 5.41) is 13.9. The fourth-order valence-corrected chi connectivity index (χ4v) is 4.73. The molecule has 1 atom stereocenters. The Hall–Kier alpha value is -5.19. The molecule has 0 saturated carbocycles. The van der Waals surface area contributed by atoms with Crippen LogP contribution in [0, 0.1) is 0 Å². The van der Waals surface area contributed by atoms with E-state index in [9.17, 15) is 9.59 Å². The zero-order chi connectivity index (χ0) is 26.9. The fourth-order valence-electron chi connectivity index (χ4n) is 4.73. The van der Waals surface area contributed by atoms with Gasteiger partial charge in [0, 0.05) is 35.8 Å². The van der Waals surface area contributed by atoms with E-state index in [1.807, 2.05) is 30.3 Å². The number of hydrogen-bond donors (Lipinski definition) is 3. The number of anilines is 3. The summed E-state index contributed by atoms with van der Waals surface area (Å²) in [4.78, 5) is 33.7. The van der Waals surface area contributed by atoms with E-state index in [4.69, 9.17) is 14.6 Å². The third-order valence-electron chi connectivity index (χ3n) is 6.59. The Morgan fingerprint density at radius 1 is 1.10 bits per heavy atom. The Labute approximate surface area is 223 Å². The van der Waals surface area contributed by atoms with Crippen molar-refractivity contribution in [2.75, 3.05) is 30.2 Å². The maximum atomic E-state index is 13.1. The van der Waals surface area contributed by atoms with Gasteiger partial charge in [-0.25, -0.2) is 9.66 Å². The zero-order valence-electron chi connectivity index (χ0n) is 21.3. The van der Waals surface area contributed by atoms with Gasteiger partial charge in [-0.3, -0.25) is 9.59 Å². The number of ether oxygens (including phenoxy) is 2. The first-order valence-electron chi connectivity index (χ1n) is 12.3. The monoisotopic (exact) mass is 523 g/mol. The number of hydrogen-bond acceptors (Lipinski definition) is 8. The molecule has 196 valence electrons. The van der Waals surface area contributed by atoms with Crippen LogP contribution in [0.2, 0.25) is 0 Å². The van der Waals surface area contributed by atoms with Crippen molar-refractivity contribution in [3.63, 3.8) is 0 Å². The molecule has 4 heterocycles. The molecule has 0 saturated heterocycles. The molecule has 0 fully saturated rings. The molecule has 0 bridgehead atoms. The maximum Gasteiger partial charge on any atom is 0.258 e. The highest BCUT2D eigenvalue weighted by Gasteiger charge is 2.26. The Morgan fingerprint density at radius 2 is 2.00 bits per heavy atom. The van der Waals surface area contributed by atoms with Crippen LogP contribution < -0.4 is 25.4 Å². The van der Waals surface area contributed by atoms with Crippen LogP contribution in [-0.4, -0.2) is 46.4 Å². The number of pyridine rings is 1. The van der Waals surface area contributed by atoms with Gasteiger partial charge in [-0.15, -0.1) is 0 Å². The SMILES string of the molecule is COc1ccc(NC2CC(c3cccc(C(=O)Nc4ccc5c(c4)CC(=O)N5)c3)=Nn3ccnc32)nc1OC. The second-order valence-corrected chi connectivity index (χ2v) is 9.12. The van der Waals surface area contributed by atoms with Gasteiger partial charge in [0.1, 0.15) is 5.82 Å². The van der Waals surface area contributed by atoms with Crippen LogP contribution in [0.5, 0.6) is 11.6 Å². The summed E-state index contributed by atoms with van der Waals surface area (Å²) >= 11 is 0. The van der Waals surface area contributed by atoms with E-state index < -0.39 is 0 Å². The van der Waals surface area contributed by atoms with Crippen LogP contribution in [0.1, 0.15) is 39.8 Å². The van der Waals surface area contributed by atoms with Gasteiger partial charge in [-0.2, -0.15) is 10.1 Å². The summed E-state index contributed by atoms with van der Waals surface area (Å²) in [7, 11) is 3.10. The first-order valence-corrected chi connectivity index (χ1v) is 12.3. The lowest BCUT2D eigenvalue weighted by atomic mass is 9.99. The molecule has 11 heteroatoms. The number of carbonyl (C=O) groups is 2. The zero-order valence-corrected chi connectivity index (χ0v) is 21.3. The standard InChI is InChI=1S/C28H25N7O4/c1-38-23-8-9-24(33-28(23)39-2)31-22-15-21(34-35-11-10-29-26(22)35)16-4-3-5-17(12-16)27(37)30-19-6-7-20-18(13-19)14-25(36)32-20/h3-13,22H,14-15H2,1-2H3,(H,30,37)(H,31,33)(H,32,36). The molecule has 2 aliphatic heterocycles. The van der Waals surface area contributed by atoms with Crippen LogP contribution in [-0.2, 0) is 11.2 Å². The number of methoxy groups -OCH3 is 2. The van der Waals surface area contributed by atoms with E-state index in [-0.39, 0.29) is 17.9 Å². The molecule has 1 unspecified atom stereocenters. The van der Waals surface area contributed by atoms with E-state index in [0.717, 1.165) is 28.4 Å². The van der Waals surface area contributed by atoms with Crippen molar-refractivity contribution in [3.05, 3.63) is 89.5 Å². The Morgan fingerprint density at radius 3 is 2.85 bits per heavy atom. The molecule has 0 radical (unpaired) electrons. The fraction of sp³-hybridized carbons (Fsp3) is 0.179. The number of imidazole rings is 1. The average Bonchev–Trinajstić information content (AvgIpc) is 3.58. The summed E-state index contributed by atoms with van der Waals surface area (Å²) in [6.07, 6.45) is 4.31. The van der Waals surface area contributed by atoms with Crippen LogP contribution in [0.25, 0.3) is 0 Å². The second kappa shape index (κ2) is 9.93. The molecule has 0 spiro atoms. The first kappa shape index (κ1) is 24.2. The molecule has 4 aromatic rings. The molecular formula is C28H25N7O4. The molecule has 6 rings (SSSR count). The van der Waals surface area contributed by atoms with Gasteiger partial charge >= 0.3 is 0 Å². The second-order valence-electron chi connectivity index (χ2n) is 9.12. The predicted molar refractivity (Wildman–Crippen MR) is 146 cm³/mol. The molecule has 2 aromatic heterocycles. The lowest BCUT2D eigenvalue weighted by Gasteiger charge is -2.24. The molecule has 3 N–H and O–H groups in total. The number of rotatable bonds is 7. The van der Waals surface area contributed by atoms with E-state index >= 15 is 0 Å². The molecule has 2 amide bonds. The van der Waals surface area contributed by atoms with Crippen molar-refractivity contribution in [3.8, 4) is 11.6 Å². The smallest absolute Gasteiger partial charge is 0.258 e. The minimum Gasteiger partial charge on any atom is -0.491 e. The number of aromatic nitrogens is 3. The van der Waals surface area contributed by atoms with Crippen molar-refractivity contribution in [2.24, 2.45) is 5.10 Å². The van der Waals surface area contributed by atoms with Crippen LogP contribution in [0.4, 0.5) is 17.2 Å². The van der Waals surface area contributed by atoms with Gasteiger partial charge in [0.15, 0.2) is 11.6 Å². The number of carbonyl (C=O) groups excluding carboxylic acids is 2. The number of benzene rings is 2. The van der Waals surface area contributed by atoms with E-state index in [2.05, 4.69) is 25.9 Å². The summed E-state index contributed by atoms with van der Waals surface area (Å²) in [5.74, 6) is 1.96. The summed E-state index contributed by atoms with van der Waals surface area (Å²) in [5.41, 5.74) is 4.37. The van der Waals surface area contributed by atoms with Crippen molar-refractivity contribution in [1.82, 2.24) is 14.6 Å². The minimum absolute atomic E-state index is 0.0508. The largest absolute Gasteiger partial charge is 0.491 e. The van der Waals surface area contributed by atoms with Crippen LogP contribution in [0.3, 0.4) is 0 Å². The van der Waals surface area contributed by atoms with Gasteiger partial charge in [0.05, 0.1) is 32.4 Å². The quantitative estimate of drug-likeness (QED) is 0.335. The van der Waals surface area contributed by atoms with Gasteiger partial charge in [0.25, 0.3) is 11.8 Å². The highest BCUT2D eigenvalue weighted by Crippen LogP contribution is 2.31. The summed E-state index contributed by atoms with van der Waals surface area (Å²) in [6.45, 7) is 0. The number of amides is 2. The number of fused-ring (bicyclic) bond motifs is 2. The van der Waals surface area contributed by atoms with Gasteiger partial charge in [-0.1, -0.05) is 12.1 Å². The van der Waals surface area contributed by atoms with Crippen LogP contribution >= 0.6 is 0 Å². The molecular weight excluding hydrogens is 498 g/mol. The van der Waals surface area contributed by atoms with Gasteiger partial charge in [0.2, 0.25) is 5.91 Å². The highest BCUT2D eigenvalue weighted by molar-refractivity contribution is 6.08. The average molecular weight is 524 g/mol. The minimum atomic E-state index is -0.252. The number of nitrogens with zero attached hydrogens (tertiary/aromatic N) is 4. The van der Waals surface area contributed by atoms with Crippen molar-refractivity contribution in [2.45, 2.75) is 18.9 Å². The van der Waals surface area contributed by atoms with Crippen LogP contribution in [0.15, 0.2) is 72.1 Å². The first-order chi connectivity index (χ1) is 19.0. The third kappa shape index (κ3) is 4.77. The van der Waals surface area contributed by atoms with Crippen molar-refractivity contribution < 1.29 is 19.1 Å². The lowest BCUT2D eigenvalue weighted by Crippen LogP contribution is -2.25. The van der Waals surface area contributed by atoms with Crippen molar-refractivity contribution in [1.29, 1.82) is 0 Å². The molecule has 39 heavy (non-hydrogen) atoms. The summed E-state index contributed by atoms with van der Waals surface area (Å²) in [6, 6.07) is 16.1. The normalized spacial score (nSPS) is 15.5. The Bertz CT molecular complexity index is 1630. The lowest BCUT2D eigenvalue weighted by molar-refractivity contribution is -0.115. The van der Waals surface area contributed by atoms with Crippen molar-refractivity contribution >= 4 is 34.7 Å². The molecule has 0 aliphatic carbocycles. The summed E-state index contributed by atoms with van der Waals surface area (Å²) < 4.78 is 12.4. The van der Waals surface area contributed by atoms with Gasteiger partial charge < -0.3 is 25.4 Å². The van der Waals surface area contributed by atoms with E-state index in [1.54, 1.807) is 55.6 Å². The van der Waals surface area contributed by atoms with E-state index in [1.165, 1.54) is 0 Å².